The van der Waals surface area contributed by atoms with Crippen LogP contribution in [0.2, 0.25) is 0 Å². The first-order chi connectivity index (χ1) is 20.9. The molecule has 3 rings (SSSR count). The van der Waals surface area contributed by atoms with Gasteiger partial charge in [-0.05, 0) is 64.3 Å². The molecule has 1 aliphatic rings. The van der Waals surface area contributed by atoms with Crippen LogP contribution in [0.15, 0.2) is 42.5 Å². The van der Waals surface area contributed by atoms with Crippen LogP contribution in [0, 0.1) is 22.0 Å². The Morgan fingerprint density at radius 3 is 2.59 bits per heavy atom. The second-order valence-electron chi connectivity index (χ2n) is 11.1. The first kappa shape index (κ1) is 33.6. The van der Waals surface area contributed by atoms with Crippen molar-refractivity contribution in [2.45, 2.75) is 65.5 Å². The highest BCUT2D eigenvalue weighted by atomic mass is 16.6. The molecule has 2 aromatic rings. The molecule has 3 amide bonds. The van der Waals surface area contributed by atoms with Crippen LogP contribution < -0.4 is 10.2 Å². The highest BCUT2D eigenvalue weighted by Crippen LogP contribution is 2.29. The molecule has 1 heterocycles. The fourth-order valence-corrected chi connectivity index (χ4v) is 4.42. The first-order valence-corrected chi connectivity index (χ1v) is 14.5. The number of carbonyl (C=O) groups is 4. The lowest BCUT2D eigenvalue weighted by Gasteiger charge is -2.23. The predicted molar refractivity (Wildman–Crippen MR) is 163 cm³/mol. The van der Waals surface area contributed by atoms with E-state index in [1.165, 1.54) is 21.9 Å². The number of anilines is 1. The Bertz CT molecular complexity index is 1450. The molecule has 12 nitrogen and oxygen atoms in total. The van der Waals surface area contributed by atoms with Crippen molar-refractivity contribution in [2.24, 2.45) is 0 Å². The Labute approximate surface area is 256 Å². The molecule has 44 heavy (non-hydrogen) atoms. The lowest BCUT2D eigenvalue weighted by molar-refractivity contribution is -0.384. The summed E-state index contributed by atoms with van der Waals surface area (Å²) < 4.78 is 10.2. The molecule has 0 fully saturated rings. The number of nitrogens with one attached hydrogen (secondary N) is 1. The van der Waals surface area contributed by atoms with Gasteiger partial charge in [-0.2, -0.15) is 0 Å². The third-order valence-electron chi connectivity index (χ3n) is 6.41. The van der Waals surface area contributed by atoms with E-state index in [0.717, 1.165) is 6.42 Å². The molecular formula is C32H38N4O8. The lowest BCUT2D eigenvalue weighted by Crippen LogP contribution is -2.40. The number of alkyl carbamates (subject to hydrolysis) is 1. The SMILES string of the molecule is CCOC(=O)CCN1CC(=O)N(Cc2cccc([N+](=O)[O-])c2)c2ccc(C#CCCCCNC(=O)OC(C)(C)C)cc2C1=O. The summed E-state index contributed by atoms with van der Waals surface area (Å²) in [6.45, 7) is 7.46. The molecule has 0 radical (unpaired) electrons. The van der Waals surface area contributed by atoms with Crippen molar-refractivity contribution < 1.29 is 33.6 Å². The smallest absolute Gasteiger partial charge is 0.407 e. The second kappa shape index (κ2) is 15.5. The molecule has 0 saturated heterocycles. The van der Waals surface area contributed by atoms with Crippen molar-refractivity contribution >= 4 is 35.3 Å². The summed E-state index contributed by atoms with van der Waals surface area (Å²) in [5, 5.41) is 14.0. The lowest BCUT2D eigenvalue weighted by atomic mass is 10.1. The van der Waals surface area contributed by atoms with Gasteiger partial charge in [0.25, 0.3) is 11.6 Å². The van der Waals surface area contributed by atoms with Gasteiger partial charge in [-0.1, -0.05) is 24.0 Å². The van der Waals surface area contributed by atoms with E-state index >= 15 is 0 Å². The van der Waals surface area contributed by atoms with Crippen molar-refractivity contribution in [2.75, 3.05) is 31.1 Å². The number of unbranched alkanes of at least 4 members (excludes halogenated alkanes) is 2. The van der Waals surface area contributed by atoms with Gasteiger partial charge in [0, 0.05) is 37.2 Å². The molecule has 0 aliphatic carbocycles. The van der Waals surface area contributed by atoms with Crippen LogP contribution in [-0.4, -0.2) is 65.5 Å². The first-order valence-electron chi connectivity index (χ1n) is 14.5. The van der Waals surface area contributed by atoms with E-state index < -0.39 is 34.4 Å². The number of amides is 3. The van der Waals surface area contributed by atoms with Crippen molar-refractivity contribution in [3.05, 3.63) is 69.3 Å². The zero-order valence-corrected chi connectivity index (χ0v) is 25.5. The monoisotopic (exact) mass is 606 g/mol. The minimum atomic E-state index is -0.560. The standard InChI is InChI=1S/C32H38N4O8/c1-5-43-29(38)16-18-34-22-28(37)35(21-24-12-10-13-25(19-24)36(41)42)27-15-14-23(20-26(27)30(34)39)11-8-6-7-9-17-33-31(40)44-32(2,3)4/h10,12-15,19-20H,5-7,9,16-18,21-22H2,1-4H3,(H,33,40). The van der Waals surface area contributed by atoms with Crippen LogP contribution in [0.1, 0.15) is 74.9 Å². The second-order valence-corrected chi connectivity index (χ2v) is 11.1. The van der Waals surface area contributed by atoms with Crippen LogP contribution in [0.3, 0.4) is 0 Å². The maximum Gasteiger partial charge on any atom is 0.407 e. The van der Waals surface area contributed by atoms with Gasteiger partial charge in [-0.3, -0.25) is 24.5 Å². The van der Waals surface area contributed by atoms with Crippen molar-refractivity contribution in [3.8, 4) is 11.8 Å². The molecule has 1 aliphatic heterocycles. The Morgan fingerprint density at radius 2 is 1.89 bits per heavy atom. The molecule has 0 spiro atoms. The number of ether oxygens (including phenoxy) is 2. The largest absolute Gasteiger partial charge is 0.466 e. The summed E-state index contributed by atoms with van der Waals surface area (Å²) in [6, 6.07) is 10.9. The highest BCUT2D eigenvalue weighted by Gasteiger charge is 2.32. The Kier molecular flexibility index (Phi) is 11.8. The number of rotatable bonds is 11. The molecule has 2 aromatic carbocycles. The number of hydrogen-bond acceptors (Lipinski definition) is 8. The van der Waals surface area contributed by atoms with E-state index in [0.29, 0.717) is 36.2 Å². The Balaban J connectivity index is 1.78. The van der Waals surface area contributed by atoms with Crippen LogP contribution in [0.25, 0.3) is 0 Å². The van der Waals surface area contributed by atoms with Gasteiger partial charge in [-0.25, -0.2) is 4.79 Å². The summed E-state index contributed by atoms with van der Waals surface area (Å²) in [5.74, 6) is 4.83. The van der Waals surface area contributed by atoms with E-state index in [4.69, 9.17) is 9.47 Å². The molecule has 12 heteroatoms. The van der Waals surface area contributed by atoms with Crippen LogP contribution in [-0.2, 0) is 25.6 Å². The molecule has 1 N–H and O–H groups in total. The Hall–Kier alpha value is -4.92. The van der Waals surface area contributed by atoms with E-state index in [2.05, 4.69) is 17.2 Å². The number of nitro groups is 1. The van der Waals surface area contributed by atoms with Gasteiger partial charge in [0.05, 0.1) is 35.7 Å². The number of carbonyl (C=O) groups excluding carboxylic acids is 4. The van der Waals surface area contributed by atoms with Crippen molar-refractivity contribution in [1.82, 2.24) is 10.2 Å². The minimum absolute atomic E-state index is 0.00880. The van der Waals surface area contributed by atoms with E-state index in [1.807, 2.05) is 0 Å². The molecule has 0 saturated carbocycles. The normalized spacial score (nSPS) is 12.9. The quantitative estimate of drug-likeness (QED) is 0.128. The topological polar surface area (TPSA) is 148 Å². The highest BCUT2D eigenvalue weighted by molar-refractivity contribution is 6.09. The van der Waals surface area contributed by atoms with Gasteiger partial charge < -0.3 is 24.6 Å². The summed E-state index contributed by atoms with van der Waals surface area (Å²) in [4.78, 5) is 64.3. The molecule has 0 bridgehead atoms. The van der Waals surface area contributed by atoms with Crippen molar-refractivity contribution in [1.29, 1.82) is 0 Å². The number of non-ortho nitro benzene ring substituents is 1. The molecule has 0 aromatic heterocycles. The van der Waals surface area contributed by atoms with Gasteiger partial charge in [-0.15, -0.1) is 0 Å². The van der Waals surface area contributed by atoms with Crippen LogP contribution in [0.4, 0.5) is 16.2 Å². The third-order valence-corrected chi connectivity index (χ3v) is 6.41. The number of esters is 1. The summed E-state index contributed by atoms with van der Waals surface area (Å²) in [7, 11) is 0. The van der Waals surface area contributed by atoms with E-state index in [9.17, 15) is 29.3 Å². The van der Waals surface area contributed by atoms with Crippen molar-refractivity contribution in [3.63, 3.8) is 0 Å². The van der Waals surface area contributed by atoms with Crippen LogP contribution in [0.5, 0.6) is 0 Å². The number of nitro benzene ring substituents is 1. The number of hydrogen-bond donors (Lipinski definition) is 1. The maximum absolute atomic E-state index is 13.6. The summed E-state index contributed by atoms with van der Waals surface area (Å²) >= 11 is 0. The molecule has 0 unspecified atom stereocenters. The zero-order chi connectivity index (χ0) is 32.3. The Morgan fingerprint density at radius 1 is 1.11 bits per heavy atom. The number of nitrogens with zero attached hydrogens (tertiary/aromatic N) is 3. The summed E-state index contributed by atoms with van der Waals surface area (Å²) in [6.07, 6.45) is 1.47. The molecule has 0 atom stereocenters. The fraction of sp³-hybridized carbons (Fsp3) is 0.438. The van der Waals surface area contributed by atoms with E-state index in [-0.39, 0.29) is 43.9 Å². The summed E-state index contributed by atoms with van der Waals surface area (Å²) in [5.41, 5.74) is 1.01. The zero-order valence-electron chi connectivity index (χ0n) is 25.5. The van der Waals surface area contributed by atoms with Gasteiger partial charge in [0.1, 0.15) is 12.1 Å². The average molecular weight is 607 g/mol. The van der Waals surface area contributed by atoms with E-state index in [1.54, 1.807) is 58.0 Å². The third kappa shape index (κ3) is 10.1. The molecular weight excluding hydrogens is 568 g/mol. The van der Waals surface area contributed by atoms with Gasteiger partial charge in [0.2, 0.25) is 5.91 Å². The maximum atomic E-state index is 13.6. The fourth-order valence-electron chi connectivity index (χ4n) is 4.42. The van der Waals surface area contributed by atoms with Gasteiger partial charge >= 0.3 is 12.1 Å². The predicted octanol–water partition coefficient (Wildman–Crippen LogP) is 4.58. The number of fused-ring (bicyclic) bond motifs is 1. The van der Waals surface area contributed by atoms with Gasteiger partial charge in [0.15, 0.2) is 0 Å². The average Bonchev–Trinajstić information content (AvgIpc) is 3.05. The molecule has 234 valence electrons. The minimum Gasteiger partial charge on any atom is -0.466 e. The van der Waals surface area contributed by atoms with Crippen LogP contribution >= 0.6 is 0 Å². The number of benzene rings is 2.